The Morgan fingerprint density at radius 2 is 1.31 bits per heavy atom. The van der Waals surface area contributed by atoms with Gasteiger partial charge in [-0.05, 0) is 26.3 Å². The van der Waals surface area contributed by atoms with Gasteiger partial charge in [-0.15, -0.1) is 0 Å². The fraction of sp³-hybridized carbons (Fsp3) is 1.00. The lowest BCUT2D eigenvalue weighted by Gasteiger charge is -2.12. The van der Waals surface area contributed by atoms with Crippen LogP contribution in [0.25, 0.3) is 0 Å². The molecule has 0 rings (SSSR count). The van der Waals surface area contributed by atoms with Crippen molar-refractivity contribution < 1.29 is 0 Å². The van der Waals surface area contributed by atoms with E-state index in [0.29, 0.717) is 0 Å². The summed E-state index contributed by atoms with van der Waals surface area (Å²) in [5.74, 6) is 0. The van der Waals surface area contributed by atoms with E-state index in [2.05, 4.69) is 26.1 Å². The van der Waals surface area contributed by atoms with E-state index in [0.717, 1.165) is 6.04 Å². The van der Waals surface area contributed by atoms with Crippen LogP contribution in [0.2, 0.25) is 0 Å². The number of hydrogen-bond donors (Lipinski definition) is 1. The second kappa shape index (κ2) is 13.0. The zero-order valence-electron chi connectivity index (χ0n) is 11.9. The van der Waals surface area contributed by atoms with Gasteiger partial charge in [-0.1, -0.05) is 65.2 Å². The maximum Gasteiger partial charge on any atom is 0.00387 e. The first-order chi connectivity index (χ1) is 7.81. The Morgan fingerprint density at radius 1 is 0.750 bits per heavy atom. The summed E-state index contributed by atoms with van der Waals surface area (Å²) in [5, 5.41) is 3.62. The molecule has 0 saturated carbocycles. The van der Waals surface area contributed by atoms with Crippen molar-refractivity contribution in [3.8, 4) is 0 Å². The van der Waals surface area contributed by atoms with Gasteiger partial charge in [-0.3, -0.25) is 0 Å². The van der Waals surface area contributed by atoms with Gasteiger partial charge >= 0.3 is 0 Å². The summed E-state index contributed by atoms with van der Waals surface area (Å²) in [6.07, 6.45) is 13.9. The number of nitrogens with one attached hydrogen (secondary N) is 1. The van der Waals surface area contributed by atoms with Crippen LogP contribution in [0.3, 0.4) is 0 Å². The molecular formula is C15H33N. The first-order valence-corrected chi connectivity index (χ1v) is 7.54. The summed E-state index contributed by atoms with van der Waals surface area (Å²) >= 11 is 0. The van der Waals surface area contributed by atoms with Gasteiger partial charge in [0.2, 0.25) is 0 Å². The van der Waals surface area contributed by atoms with Crippen LogP contribution in [-0.2, 0) is 0 Å². The first-order valence-electron chi connectivity index (χ1n) is 7.54. The molecule has 0 radical (unpaired) electrons. The molecule has 1 unspecified atom stereocenters. The molecule has 0 aromatic heterocycles. The molecule has 98 valence electrons. The molecule has 1 atom stereocenters. The molecule has 0 heterocycles. The van der Waals surface area contributed by atoms with Gasteiger partial charge in [-0.2, -0.15) is 0 Å². The Bertz CT molecular complexity index is 123. The molecule has 1 N–H and O–H groups in total. The summed E-state index contributed by atoms with van der Waals surface area (Å²) in [7, 11) is 0. The number of unbranched alkanes of at least 4 members (excludes halogenated alkanes) is 7. The molecule has 0 amide bonds. The van der Waals surface area contributed by atoms with Gasteiger partial charge in [0, 0.05) is 6.04 Å². The second-order valence-corrected chi connectivity index (χ2v) is 5.12. The third-order valence-electron chi connectivity index (χ3n) is 3.26. The first kappa shape index (κ1) is 16.0. The summed E-state index contributed by atoms with van der Waals surface area (Å²) in [5.41, 5.74) is 0. The highest BCUT2D eigenvalue weighted by Crippen LogP contribution is 2.06. The SMILES string of the molecule is CCCCCCCCCNC(C)CCCC. The second-order valence-electron chi connectivity index (χ2n) is 5.12. The Hall–Kier alpha value is -0.0400. The minimum Gasteiger partial charge on any atom is -0.314 e. The maximum atomic E-state index is 3.62. The zero-order valence-corrected chi connectivity index (χ0v) is 11.9. The molecule has 0 bridgehead atoms. The molecule has 1 nitrogen and oxygen atoms in total. The normalized spacial score (nSPS) is 12.9. The minimum absolute atomic E-state index is 0.722. The monoisotopic (exact) mass is 227 g/mol. The van der Waals surface area contributed by atoms with Gasteiger partial charge in [-0.25, -0.2) is 0 Å². The largest absolute Gasteiger partial charge is 0.314 e. The highest BCUT2D eigenvalue weighted by molar-refractivity contribution is 4.60. The summed E-state index contributed by atoms with van der Waals surface area (Å²) in [6, 6.07) is 0.722. The lowest BCUT2D eigenvalue weighted by Crippen LogP contribution is -2.26. The summed E-state index contributed by atoms with van der Waals surface area (Å²) < 4.78 is 0. The smallest absolute Gasteiger partial charge is 0.00387 e. The van der Waals surface area contributed by atoms with Crippen LogP contribution in [0.5, 0.6) is 0 Å². The van der Waals surface area contributed by atoms with Crippen LogP contribution < -0.4 is 5.32 Å². The van der Waals surface area contributed by atoms with Crippen LogP contribution in [0.15, 0.2) is 0 Å². The van der Waals surface area contributed by atoms with Gasteiger partial charge in [0.25, 0.3) is 0 Å². The van der Waals surface area contributed by atoms with E-state index in [4.69, 9.17) is 0 Å². The van der Waals surface area contributed by atoms with Crippen LogP contribution in [0, 0.1) is 0 Å². The Kier molecular flexibility index (Phi) is 13.0. The molecule has 0 aliphatic carbocycles. The quantitative estimate of drug-likeness (QED) is 0.467. The van der Waals surface area contributed by atoms with Crippen molar-refractivity contribution in [1.82, 2.24) is 5.32 Å². The highest BCUT2D eigenvalue weighted by Gasteiger charge is 1.99. The van der Waals surface area contributed by atoms with Gasteiger partial charge < -0.3 is 5.32 Å². The Morgan fingerprint density at radius 3 is 1.94 bits per heavy atom. The number of rotatable bonds is 12. The van der Waals surface area contributed by atoms with E-state index in [9.17, 15) is 0 Å². The Labute approximate surface area is 103 Å². The van der Waals surface area contributed by atoms with E-state index in [1.807, 2.05) is 0 Å². The summed E-state index contributed by atoms with van der Waals surface area (Å²) in [6.45, 7) is 8.08. The van der Waals surface area contributed by atoms with Crippen molar-refractivity contribution in [2.24, 2.45) is 0 Å². The molecule has 1 heteroatoms. The lowest BCUT2D eigenvalue weighted by molar-refractivity contribution is 0.477. The average Bonchev–Trinajstić information content (AvgIpc) is 2.30. The Balaban J connectivity index is 3.02. The molecule has 0 aromatic carbocycles. The third kappa shape index (κ3) is 12.0. The molecular weight excluding hydrogens is 194 g/mol. The molecule has 0 fully saturated rings. The number of hydrogen-bond acceptors (Lipinski definition) is 1. The zero-order chi connectivity index (χ0) is 12.1. The van der Waals surface area contributed by atoms with Crippen LogP contribution in [-0.4, -0.2) is 12.6 Å². The predicted octanol–water partition coefficient (Wildman–Crippen LogP) is 4.91. The fourth-order valence-corrected chi connectivity index (χ4v) is 2.04. The van der Waals surface area contributed by atoms with E-state index < -0.39 is 0 Å². The molecule has 0 aliphatic heterocycles. The average molecular weight is 227 g/mol. The van der Waals surface area contributed by atoms with Crippen molar-refractivity contribution in [2.45, 2.75) is 91.0 Å². The highest BCUT2D eigenvalue weighted by atomic mass is 14.9. The van der Waals surface area contributed by atoms with E-state index >= 15 is 0 Å². The molecule has 0 aliphatic rings. The lowest BCUT2D eigenvalue weighted by atomic mass is 10.1. The predicted molar refractivity (Wildman–Crippen MR) is 75.0 cm³/mol. The van der Waals surface area contributed by atoms with Crippen LogP contribution in [0.4, 0.5) is 0 Å². The van der Waals surface area contributed by atoms with Crippen molar-refractivity contribution in [1.29, 1.82) is 0 Å². The topological polar surface area (TPSA) is 12.0 Å². The third-order valence-corrected chi connectivity index (χ3v) is 3.26. The molecule has 0 saturated heterocycles. The molecule has 0 spiro atoms. The minimum atomic E-state index is 0.722. The standard InChI is InChI=1S/C15H33N/c1-4-6-8-9-10-11-12-14-16-15(3)13-7-5-2/h15-16H,4-14H2,1-3H3. The molecule has 0 aromatic rings. The van der Waals surface area contributed by atoms with Gasteiger partial charge in [0.1, 0.15) is 0 Å². The van der Waals surface area contributed by atoms with E-state index in [-0.39, 0.29) is 0 Å². The molecule has 16 heavy (non-hydrogen) atoms. The van der Waals surface area contributed by atoms with Gasteiger partial charge in [0.15, 0.2) is 0 Å². The van der Waals surface area contributed by atoms with Crippen LogP contribution >= 0.6 is 0 Å². The van der Waals surface area contributed by atoms with Gasteiger partial charge in [0.05, 0.1) is 0 Å². The van der Waals surface area contributed by atoms with Crippen molar-refractivity contribution >= 4 is 0 Å². The summed E-state index contributed by atoms with van der Waals surface area (Å²) in [4.78, 5) is 0. The van der Waals surface area contributed by atoms with Crippen molar-refractivity contribution in [3.63, 3.8) is 0 Å². The van der Waals surface area contributed by atoms with Crippen molar-refractivity contribution in [3.05, 3.63) is 0 Å². The van der Waals surface area contributed by atoms with E-state index in [1.54, 1.807) is 0 Å². The fourth-order valence-electron chi connectivity index (χ4n) is 2.04. The van der Waals surface area contributed by atoms with Crippen LogP contribution in [0.1, 0.15) is 85.0 Å². The maximum absolute atomic E-state index is 3.62. The van der Waals surface area contributed by atoms with Crippen molar-refractivity contribution in [2.75, 3.05) is 6.54 Å². The van der Waals surface area contributed by atoms with E-state index in [1.165, 1.54) is 70.8 Å².